The minimum atomic E-state index is -3.28. The minimum absolute atomic E-state index is 0.164. The molecule has 6 nitrogen and oxygen atoms in total. The molecule has 0 fully saturated rings. The Bertz CT molecular complexity index is 840. The predicted octanol–water partition coefficient (Wildman–Crippen LogP) is 1.81. The summed E-state index contributed by atoms with van der Waals surface area (Å²) >= 11 is 0. The summed E-state index contributed by atoms with van der Waals surface area (Å²) in [6.45, 7) is 0.286. The molecule has 0 spiro atoms. The van der Waals surface area contributed by atoms with Gasteiger partial charge in [0, 0.05) is 18.4 Å². The third-order valence-electron chi connectivity index (χ3n) is 3.37. The molecule has 0 bridgehead atoms. The largest absolute Gasteiger partial charge is 0.465 e. The van der Waals surface area contributed by atoms with Gasteiger partial charge in [-0.2, -0.15) is 0 Å². The molecule has 7 heteroatoms. The van der Waals surface area contributed by atoms with Crippen molar-refractivity contribution in [2.75, 3.05) is 13.4 Å². The van der Waals surface area contributed by atoms with Gasteiger partial charge in [0.2, 0.25) is 0 Å². The Labute approximate surface area is 140 Å². The lowest BCUT2D eigenvalue weighted by atomic mass is 10.1. The molecule has 0 unspecified atom stereocenters. The third kappa shape index (κ3) is 4.42. The molecule has 126 valence electrons. The van der Waals surface area contributed by atoms with Crippen molar-refractivity contribution in [2.24, 2.45) is 0 Å². The molecule has 0 atom stereocenters. The van der Waals surface area contributed by atoms with Gasteiger partial charge < -0.3 is 10.1 Å². The molecule has 0 aliphatic heterocycles. The normalized spacial score (nSPS) is 10.9. The first-order chi connectivity index (χ1) is 11.3. The average molecular weight is 347 g/mol. The number of hydrogen-bond acceptors (Lipinski definition) is 5. The van der Waals surface area contributed by atoms with E-state index < -0.39 is 15.8 Å². The third-order valence-corrected chi connectivity index (χ3v) is 4.50. The van der Waals surface area contributed by atoms with Gasteiger partial charge >= 0.3 is 5.97 Å². The second kappa shape index (κ2) is 7.27. The van der Waals surface area contributed by atoms with E-state index in [9.17, 15) is 18.0 Å². The molecule has 0 aromatic heterocycles. The van der Waals surface area contributed by atoms with Gasteiger partial charge in [-0.25, -0.2) is 13.2 Å². The average Bonchev–Trinajstić information content (AvgIpc) is 2.58. The van der Waals surface area contributed by atoms with Crippen LogP contribution in [-0.2, 0) is 21.1 Å². The van der Waals surface area contributed by atoms with Crippen LogP contribution in [0.3, 0.4) is 0 Å². The number of amides is 1. The fourth-order valence-electron chi connectivity index (χ4n) is 2.01. The zero-order chi connectivity index (χ0) is 17.7. The van der Waals surface area contributed by atoms with E-state index >= 15 is 0 Å². The standard InChI is InChI=1S/C17H17NO5S/c1-23-17(20)14-5-3-12(4-6-14)11-18-16(19)13-7-9-15(10-8-13)24(2,21)22/h3-10H,11H2,1-2H3,(H,18,19). The van der Waals surface area contributed by atoms with Crippen LogP contribution in [0.25, 0.3) is 0 Å². The fraction of sp³-hybridized carbons (Fsp3) is 0.176. The van der Waals surface area contributed by atoms with Crippen LogP contribution in [0, 0.1) is 0 Å². The Kier molecular flexibility index (Phi) is 5.35. The molecule has 2 aromatic carbocycles. The number of benzene rings is 2. The fourth-order valence-corrected chi connectivity index (χ4v) is 2.64. The van der Waals surface area contributed by atoms with Crippen molar-refractivity contribution in [2.45, 2.75) is 11.4 Å². The summed E-state index contributed by atoms with van der Waals surface area (Å²) in [6.07, 6.45) is 1.11. The van der Waals surface area contributed by atoms with Crippen LogP contribution >= 0.6 is 0 Å². The SMILES string of the molecule is COC(=O)c1ccc(CNC(=O)c2ccc(S(C)(=O)=O)cc2)cc1. The number of carbonyl (C=O) groups is 2. The zero-order valence-corrected chi connectivity index (χ0v) is 14.1. The number of methoxy groups -OCH3 is 1. The van der Waals surface area contributed by atoms with Crippen LogP contribution in [0.1, 0.15) is 26.3 Å². The molecule has 1 N–H and O–H groups in total. The van der Waals surface area contributed by atoms with Crippen molar-refractivity contribution in [1.29, 1.82) is 0 Å². The lowest BCUT2D eigenvalue weighted by molar-refractivity contribution is 0.0600. The smallest absolute Gasteiger partial charge is 0.337 e. The molecule has 0 saturated carbocycles. The molecule has 24 heavy (non-hydrogen) atoms. The highest BCUT2D eigenvalue weighted by Crippen LogP contribution is 2.11. The molecule has 2 aromatic rings. The van der Waals surface area contributed by atoms with Crippen molar-refractivity contribution in [3.05, 3.63) is 65.2 Å². The van der Waals surface area contributed by atoms with Crippen LogP contribution in [0.5, 0.6) is 0 Å². The molecule has 0 saturated heterocycles. The van der Waals surface area contributed by atoms with Gasteiger partial charge in [0.05, 0.1) is 17.6 Å². The summed E-state index contributed by atoms with van der Waals surface area (Å²) in [5.41, 5.74) is 1.63. The predicted molar refractivity (Wildman–Crippen MR) is 88.5 cm³/mol. The second-order valence-electron chi connectivity index (χ2n) is 5.17. The molecule has 0 aliphatic carbocycles. The van der Waals surface area contributed by atoms with Gasteiger partial charge in [-0.3, -0.25) is 4.79 Å². The van der Waals surface area contributed by atoms with Crippen molar-refractivity contribution < 1.29 is 22.7 Å². The summed E-state index contributed by atoms with van der Waals surface area (Å²) in [7, 11) is -1.97. The van der Waals surface area contributed by atoms with Crippen LogP contribution in [0.2, 0.25) is 0 Å². The maximum atomic E-state index is 12.1. The Balaban J connectivity index is 1.99. The van der Waals surface area contributed by atoms with E-state index in [0.717, 1.165) is 11.8 Å². The Morgan fingerprint density at radius 3 is 2.00 bits per heavy atom. The van der Waals surface area contributed by atoms with Crippen molar-refractivity contribution in [3.8, 4) is 0 Å². The van der Waals surface area contributed by atoms with Crippen LogP contribution in [-0.4, -0.2) is 33.7 Å². The van der Waals surface area contributed by atoms with Gasteiger partial charge in [0.15, 0.2) is 9.84 Å². The summed E-state index contributed by atoms with van der Waals surface area (Å²) in [5, 5.41) is 2.73. The number of ether oxygens (including phenoxy) is 1. The van der Waals surface area contributed by atoms with Crippen molar-refractivity contribution in [1.82, 2.24) is 5.32 Å². The molecular formula is C17H17NO5S. The van der Waals surface area contributed by atoms with Crippen LogP contribution in [0.4, 0.5) is 0 Å². The summed E-state index contributed by atoms with van der Waals surface area (Å²) < 4.78 is 27.4. The minimum Gasteiger partial charge on any atom is -0.465 e. The molecule has 2 rings (SSSR count). The first-order valence-electron chi connectivity index (χ1n) is 7.07. The molecular weight excluding hydrogens is 330 g/mol. The number of esters is 1. The van der Waals surface area contributed by atoms with Gasteiger partial charge in [-0.05, 0) is 42.0 Å². The van der Waals surface area contributed by atoms with Gasteiger partial charge in [-0.1, -0.05) is 12.1 Å². The van der Waals surface area contributed by atoms with E-state index in [0.29, 0.717) is 11.1 Å². The van der Waals surface area contributed by atoms with E-state index in [1.807, 2.05) is 0 Å². The molecule has 0 heterocycles. The molecule has 1 amide bonds. The maximum Gasteiger partial charge on any atom is 0.337 e. The number of carbonyl (C=O) groups excluding carboxylic acids is 2. The molecule has 0 aliphatic rings. The second-order valence-corrected chi connectivity index (χ2v) is 7.18. The number of nitrogens with one attached hydrogen (secondary N) is 1. The van der Waals surface area contributed by atoms with Gasteiger partial charge in [0.1, 0.15) is 0 Å². The van der Waals surface area contributed by atoms with Crippen molar-refractivity contribution >= 4 is 21.7 Å². The topological polar surface area (TPSA) is 89.5 Å². The Morgan fingerprint density at radius 2 is 1.50 bits per heavy atom. The number of sulfone groups is 1. The first-order valence-corrected chi connectivity index (χ1v) is 8.96. The van der Waals surface area contributed by atoms with E-state index in [2.05, 4.69) is 10.1 Å². The highest BCUT2D eigenvalue weighted by molar-refractivity contribution is 7.90. The number of rotatable bonds is 5. The van der Waals surface area contributed by atoms with Gasteiger partial charge in [-0.15, -0.1) is 0 Å². The van der Waals surface area contributed by atoms with Crippen molar-refractivity contribution in [3.63, 3.8) is 0 Å². The first kappa shape index (κ1) is 17.7. The lowest BCUT2D eigenvalue weighted by Gasteiger charge is -2.07. The summed E-state index contributed by atoms with van der Waals surface area (Å²) in [4.78, 5) is 23.6. The Hall–Kier alpha value is -2.67. The van der Waals surface area contributed by atoms with E-state index in [4.69, 9.17) is 0 Å². The van der Waals surface area contributed by atoms with Gasteiger partial charge in [0.25, 0.3) is 5.91 Å². The maximum absolute atomic E-state index is 12.1. The highest BCUT2D eigenvalue weighted by Gasteiger charge is 2.10. The van der Waals surface area contributed by atoms with Crippen LogP contribution in [0.15, 0.2) is 53.4 Å². The Morgan fingerprint density at radius 1 is 0.958 bits per heavy atom. The summed E-state index contributed by atoms with van der Waals surface area (Å²) in [5.74, 6) is -0.733. The van der Waals surface area contributed by atoms with E-state index in [-0.39, 0.29) is 17.3 Å². The zero-order valence-electron chi connectivity index (χ0n) is 13.3. The highest BCUT2D eigenvalue weighted by atomic mass is 32.2. The number of hydrogen-bond donors (Lipinski definition) is 1. The lowest BCUT2D eigenvalue weighted by Crippen LogP contribution is -2.22. The van der Waals surface area contributed by atoms with Crippen LogP contribution < -0.4 is 5.32 Å². The van der Waals surface area contributed by atoms with E-state index in [1.165, 1.54) is 31.4 Å². The monoisotopic (exact) mass is 347 g/mol. The molecule has 0 radical (unpaired) electrons. The quantitative estimate of drug-likeness (QED) is 0.833. The van der Waals surface area contributed by atoms with E-state index in [1.54, 1.807) is 24.3 Å². The summed E-state index contributed by atoms with van der Waals surface area (Å²) in [6, 6.07) is 12.4.